The third-order valence-corrected chi connectivity index (χ3v) is 9.25. The summed E-state index contributed by atoms with van der Waals surface area (Å²) in [5.74, 6) is 4.32. The molecular weight excluding hydrogens is 324 g/mol. The highest BCUT2D eigenvalue weighted by atomic mass is 14.6. The lowest BCUT2D eigenvalue weighted by atomic mass is 9.51. The smallest absolute Gasteiger partial charge is 0.0131 e. The molecular formula is C27H42. The molecule has 150 valence electrons. The molecule has 0 nitrogen and oxygen atoms in total. The van der Waals surface area contributed by atoms with Crippen LogP contribution in [-0.4, -0.2) is 0 Å². The second-order valence-corrected chi connectivity index (χ2v) is 11.2. The molecule has 0 heterocycles. The van der Waals surface area contributed by atoms with Crippen LogP contribution in [0.5, 0.6) is 0 Å². The molecule has 0 aromatic carbocycles. The van der Waals surface area contributed by atoms with E-state index in [1.165, 1.54) is 57.8 Å². The van der Waals surface area contributed by atoms with Crippen LogP contribution in [0.4, 0.5) is 0 Å². The van der Waals surface area contributed by atoms with Crippen molar-refractivity contribution in [1.29, 1.82) is 0 Å². The molecule has 0 saturated heterocycles. The minimum absolute atomic E-state index is 0.324. The number of rotatable bonds is 5. The van der Waals surface area contributed by atoms with Crippen molar-refractivity contribution in [2.75, 3.05) is 0 Å². The Balaban J connectivity index is 1.54. The van der Waals surface area contributed by atoms with Gasteiger partial charge in [-0.15, -0.1) is 0 Å². The summed E-state index contributed by atoms with van der Waals surface area (Å²) >= 11 is 0. The van der Waals surface area contributed by atoms with Crippen molar-refractivity contribution in [3.63, 3.8) is 0 Å². The Labute approximate surface area is 168 Å². The fourth-order valence-corrected chi connectivity index (χ4v) is 7.64. The summed E-state index contributed by atoms with van der Waals surface area (Å²) in [4.78, 5) is 0. The summed E-state index contributed by atoms with van der Waals surface area (Å²) < 4.78 is 0. The van der Waals surface area contributed by atoms with E-state index in [9.17, 15) is 0 Å². The molecule has 27 heavy (non-hydrogen) atoms. The zero-order valence-electron chi connectivity index (χ0n) is 18.6. The van der Waals surface area contributed by atoms with E-state index in [4.69, 9.17) is 0 Å². The molecule has 0 bridgehead atoms. The zero-order valence-corrected chi connectivity index (χ0v) is 18.6. The molecule has 0 amide bonds. The molecule has 6 atom stereocenters. The molecule has 0 spiro atoms. The number of allylic oxidation sites excluding steroid dienone is 6. The Bertz CT molecular complexity index is 647. The number of fused-ring (bicyclic) bond motifs is 5. The molecule has 2 fully saturated rings. The summed E-state index contributed by atoms with van der Waals surface area (Å²) in [6.07, 6.45) is 22.7. The lowest BCUT2D eigenvalue weighted by molar-refractivity contribution is 0.0614. The van der Waals surface area contributed by atoms with Crippen molar-refractivity contribution in [3.8, 4) is 0 Å². The van der Waals surface area contributed by atoms with Gasteiger partial charge in [-0.05, 0) is 73.5 Å². The first kappa shape index (κ1) is 19.5. The molecule has 2 saturated carbocycles. The first-order chi connectivity index (χ1) is 12.9. The average molecular weight is 367 g/mol. The Hall–Kier alpha value is -0.780. The maximum Gasteiger partial charge on any atom is 0.0131 e. The summed E-state index contributed by atoms with van der Waals surface area (Å²) in [5, 5.41) is 0. The molecule has 4 rings (SSSR count). The highest BCUT2D eigenvalue weighted by Gasteiger charge is 2.56. The lowest BCUT2D eigenvalue weighted by Crippen LogP contribution is -2.44. The monoisotopic (exact) mass is 366 g/mol. The average Bonchev–Trinajstić information content (AvgIpc) is 2.98. The fourth-order valence-electron chi connectivity index (χ4n) is 7.64. The first-order valence-electron chi connectivity index (χ1n) is 11.9. The van der Waals surface area contributed by atoms with E-state index in [-0.39, 0.29) is 0 Å². The molecule has 0 heteroatoms. The van der Waals surface area contributed by atoms with E-state index in [0.29, 0.717) is 10.8 Å². The second kappa shape index (κ2) is 7.23. The fraction of sp³-hybridized carbons (Fsp3) is 0.778. The quantitative estimate of drug-likeness (QED) is 0.431. The minimum Gasteiger partial charge on any atom is -0.0873 e. The van der Waals surface area contributed by atoms with Crippen molar-refractivity contribution in [1.82, 2.24) is 0 Å². The van der Waals surface area contributed by atoms with E-state index in [1.807, 2.05) is 5.57 Å². The van der Waals surface area contributed by atoms with Gasteiger partial charge in [0.25, 0.3) is 0 Å². The van der Waals surface area contributed by atoms with Crippen LogP contribution in [0.15, 0.2) is 35.5 Å². The van der Waals surface area contributed by atoms with Crippen molar-refractivity contribution in [2.24, 2.45) is 40.4 Å². The zero-order chi connectivity index (χ0) is 19.2. The van der Waals surface area contributed by atoms with Crippen molar-refractivity contribution >= 4 is 0 Å². The summed E-state index contributed by atoms with van der Waals surface area (Å²) in [6.45, 7) is 12.5. The Morgan fingerprint density at radius 2 is 1.81 bits per heavy atom. The van der Waals surface area contributed by atoms with Crippen LogP contribution in [0, 0.1) is 40.4 Å². The predicted molar refractivity (Wildman–Crippen MR) is 118 cm³/mol. The van der Waals surface area contributed by atoms with Gasteiger partial charge in [0.15, 0.2) is 0 Å². The van der Waals surface area contributed by atoms with Crippen LogP contribution in [0.2, 0.25) is 0 Å². The van der Waals surface area contributed by atoms with E-state index in [2.05, 4.69) is 58.9 Å². The van der Waals surface area contributed by atoms with Crippen molar-refractivity contribution < 1.29 is 0 Å². The normalized spacial score (nSPS) is 41.5. The van der Waals surface area contributed by atoms with Gasteiger partial charge in [-0.3, -0.25) is 0 Å². The third-order valence-electron chi connectivity index (χ3n) is 9.25. The standard InChI is InChI=1S/C27H42/c1-19(2)9-8-10-20(3)23-14-15-24-22-13-12-21-11-6-7-17-26(21,4)25(22)16-18-27(23,24)5/h7,12-13,17,19-20,23-25H,6,8-11,14-16,18H2,1-5H3/t20-,23-,24+,25+,26+,27-/m1/s1. The summed E-state index contributed by atoms with van der Waals surface area (Å²) in [7, 11) is 0. The Kier molecular flexibility index (Phi) is 5.23. The van der Waals surface area contributed by atoms with Crippen LogP contribution in [0.1, 0.15) is 92.4 Å². The maximum absolute atomic E-state index is 2.67. The Morgan fingerprint density at radius 1 is 1.00 bits per heavy atom. The Morgan fingerprint density at radius 3 is 2.59 bits per heavy atom. The van der Waals surface area contributed by atoms with E-state index >= 15 is 0 Å². The highest BCUT2D eigenvalue weighted by Crippen LogP contribution is 2.65. The minimum atomic E-state index is 0.324. The van der Waals surface area contributed by atoms with Crippen LogP contribution in [0.3, 0.4) is 0 Å². The molecule has 0 N–H and O–H groups in total. The second-order valence-electron chi connectivity index (χ2n) is 11.2. The topological polar surface area (TPSA) is 0 Å². The van der Waals surface area contributed by atoms with Gasteiger partial charge in [0.2, 0.25) is 0 Å². The maximum atomic E-state index is 2.67. The van der Waals surface area contributed by atoms with Crippen molar-refractivity contribution in [3.05, 3.63) is 35.5 Å². The molecule has 0 aromatic rings. The van der Waals surface area contributed by atoms with Crippen LogP contribution >= 0.6 is 0 Å². The van der Waals surface area contributed by atoms with Gasteiger partial charge in [-0.25, -0.2) is 0 Å². The molecule has 0 aromatic heterocycles. The van der Waals surface area contributed by atoms with E-state index < -0.39 is 0 Å². The largest absolute Gasteiger partial charge is 0.0873 e. The molecule has 0 unspecified atom stereocenters. The van der Waals surface area contributed by atoms with Gasteiger partial charge >= 0.3 is 0 Å². The molecule has 0 radical (unpaired) electrons. The molecule has 4 aliphatic carbocycles. The number of hydrogen-bond donors (Lipinski definition) is 0. The van der Waals surface area contributed by atoms with Gasteiger partial charge in [0.05, 0.1) is 0 Å². The van der Waals surface area contributed by atoms with Gasteiger partial charge in [-0.2, -0.15) is 0 Å². The third kappa shape index (κ3) is 3.20. The predicted octanol–water partition coefficient (Wildman–Crippen LogP) is 8.11. The van der Waals surface area contributed by atoms with Crippen LogP contribution in [0.25, 0.3) is 0 Å². The van der Waals surface area contributed by atoms with Crippen LogP contribution in [-0.2, 0) is 0 Å². The number of hydrogen-bond acceptors (Lipinski definition) is 0. The summed E-state index contributed by atoms with van der Waals surface area (Å²) in [5.41, 5.74) is 4.42. The van der Waals surface area contributed by atoms with Gasteiger partial charge in [-0.1, -0.05) is 89.3 Å². The van der Waals surface area contributed by atoms with Crippen molar-refractivity contribution in [2.45, 2.75) is 92.4 Å². The van der Waals surface area contributed by atoms with Crippen LogP contribution < -0.4 is 0 Å². The lowest BCUT2D eigenvalue weighted by Gasteiger charge is -2.53. The molecule has 0 aliphatic heterocycles. The SMILES string of the molecule is CC(C)CCC[C@@H](C)[C@H]1CC[C@H]2C3=CC=C4CCC=C[C@]4(C)[C@H]3CC[C@]12C. The van der Waals surface area contributed by atoms with E-state index in [1.54, 1.807) is 5.57 Å². The highest BCUT2D eigenvalue weighted by molar-refractivity contribution is 5.42. The van der Waals surface area contributed by atoms with Gasteiger partial charge in [0.1, 0.15) is 0 Å². The first-order valence-corrected chi connectivity index (χ1v) is 11.9. The van der Waals surface area contributed by atoms with Gasteiger partial charge in [0, 0.05) is 5.41 Å². The van der Waals surface area contributed by atoms with E-state index in [0.717, 1.165) is 29.6 Å². The molecule has 4 aliphatic rings. The van der Waals surface area contributed by atoms with Gasteiger partial charge < -0.3 is 0 Å². The summed E-state index contributed by atoms with van der Waals surface area (Å²) in [6, 6.07) is 0.